The molecule has 2 heteroatoms. The smallest absolute Gasteiger partial charge is 0.338 e. The lowest BCUT2D eigenvalue weighted by molar-refractivity contribution is 0.0599. The van der Waals surface area contributed by atoms with Crippen molar-refractivity contribution in [2.45, 2.75) is 18.8 Å². The highest BCUT2D eigenvalue weighted by Gasteiger charge is 2.27. The number of methoxy groups -OCH3 is 1. The Balaban J connectivity index is 2.36. The van der Waals surface area contributed by atoms with Crippen LogP contribution in [-0.2, 0) is 4.74 Å². The summed E-state index contributed by atoms with van der Waals surface area (Å²) in [5.74, 6) is 0.322. The SMILES string of the molecule is COC(=O)c1cc[c]cc1C1CC1. The third kappa shape index (κ3) is 1.57. The van der Waals surface area contributed by atoms with E-state index in [2.05, 4.69) is 6.07 Å². The van der Waals surface area contributed by atoms with Crippen molar-refractivity contribution >= 4 is 5.97 Å². The maximum atomic E-state index is 11.3. The third-order valence-corrected chi connectivity index (χ3v) is 2.32. The highest BCUT2D eigenvalue weighted by molar-refractivity contribution is 5.91. The summed E-state index contributed by atoms with van der Waals surface area (Å²) in [6, 6.07) is 8.41. The lowest BCUT2D eigenvalue weighted by atomic mass is 10.0. The van der Waals surface area contributed by atoms with Gasteiger partial charge in [0.25, 0.3) is 0 Å². The van der Waals surface area contributed by atoms with Crippen molar-refractivity contribution in [3.63, 3.8) is 0 Å². The maximum Gasteiger partial charge on any atom is 0.338 e. The summed E-state index contributed by atoms with van der Waals surface area (Å²) in [4.78, 5) is 11.3. The monoisotopic (exact) mass is 175 g/mol. The lowest BCUT2D eigenvalue weighted by Crippen LogP contribution is -2.04. The van der Waals surface area contributed by atoms with Crippen molar-refractivity contribution in [2.24, 2.45) is 0 Å². The highest BCUT2D eigenvalue weighted by Crippen LogP contribution is 2.41. The first-order valence-electron chi connectivity index (χ1n) is 4.41. The minimum absolute atomic E-state index is 0.240. The molecule has 1 radical (unpaired) electrons. The molecule has 13 heavy (non-hydrogen) atoms. The molecular weight excluding hydrogens is 164 g/mol. The molecule has 67 valence electrons. The second-order valence-corrected chi connectivity index (χ2v) is 3.28. The molecule has 2 rings (SSSR count). The van der Waals surface area contributed by atoms with Crippen molar-refractivity contribution in [3.05, 3.63) is 35.4 Å². The number of hydrogen-bond acceptors (Lipinski definition) is 2. The van der Waals surface area contributed by atoms with Crippen molar-refractivity contribution in [1.29, 1.82) is 0 Å². The molecule has 0 saturated heterocycles. The number of carbonyl (C=O) groups excluding carboxylic acids is 1. The number of carbonyl (C=O) groups is 1. The van der Waals surface area contributed by atoms with E-state index in [4.69, 9.17) is 4.74 Å². The number of rotatable bonds is 2. The molecule has 1 aromatic rings. The van der Waals surface area contributed by atoms with Crippen LogP contribution in [0.3, 0.4) is 0 Å². The molecule has 2 nitrogen and oxygen atoms in total. The molecular formula is C11H11O2. The summed E-state index contributed by atoms with van der Waals surface area (Å²) in [7, 11) is 1.41. The molecule has 0 bridgehead atoms. The van der Waals surface area contributed by atoms with Crippen LogP contribution >= 0.6 is 0 Å². The van der Waals surface area contributed by atoms with Crippen LogP contribution in [0.5, 0.6) is 0 Å². The Bertz CT molecular complexity index is 327. The fourth-order valence-electron chi connectivity index (χ4n) is 1.47. The number of esters is 1. The minimum atomic E-state index is -0.240. The predicted molar refractivity (Wildman–Crippen MR) is 48.6 cm³/mol. The van der Waals surface area contributed by atoms with Crippen LogP contribution in [0.25, 0.3) is 0 Å². The van der Waals surface area contributed by atoms with Gasteiger partial charge in [0, 0.05) is 0 Å². The Kier molecular flexibility index (Phi) is 2.05. The average Bonchev–Trinajstić information content (AvgIpc) is 3.00. The van der Waals surface area contributed by atoms with E-state index in [1.165, 1.54) is 20.0 Å². The Morgan fingerprint density at radius 1 is 1.62 bits per heavy atom. The van der Waals surface area contributed by atoms with Crippen LogP contribution in [0.2, 0.25) is 0 Å². The van der Waals surface area contributed by atoms with Crippen LogP contribution in [0.15, 0.2) is 18.2 Å². The fraction of sp³-hybridized carbons (Fsp3) is 0.364. The molecule has 0 N–H and O–H groups in total. The molecule has 1 aromatic carbocycles. The van der Waals surface area contributed by atoms with Gasteiger partial charge >= 0.3 is 5.97 Å². The Hall–Kier alpha value is -1.31. The van der Waals surface area contributed by atoms with Gasteiger partial charge in [-0.3, -0.25) is 0 Å². The van der Waals surface area contributed by atoms with E-state index in [-0.39, 0.29) is 5.97 Å². The number of hydrogen-bond donors (Lipinski definition) is 0. The first-order valence-corrected chi connectivity index (χ1v) is 4.41. The van der Waals surface area contributed by atoms with Crippen molar-refractivity contribution in [1.82, 2.24) is 0 Å². The summed E-state index contributed by atoms with van der Waals surface area (Å²) in [5, 5.41) is 0. The maximum absolute atomic E-state index is 11.3. The summed E-state index contributed by atoms with van der Waals surface area (Å²) >= 11 is 0. The van der Waals surface area contributed by atoms with E-state index >= 15 is 0 Å². The number of ether oxygens (including phenoxy) is 1. The quantitative estimate of drug-likeness (QED) is 0.644. The standard InChI is InChI=1S/C11H11O2/c1-13-11(12)10-5-3-2-4-9(10)8-6-7-8/h3-5,8H,6-7H2,1H3. The number of benzene rings is 1. The lowest BCUT2D eigenvalue weighted by Gasteiger charge is -2.04. The zero-order valence-electron chi connectivity index (χ0n) is 7.54. The van der Waals surface area contributed by atoms with E-state index < -0.39 is 0 Å². The van der Waals surface area contributed by atoms with Crippen LogP contribution in [-0.4, -0.2) is 13.1 Å². The largest absolute Gasteiger partial charge is 0.465 e. The summed E-state index contributed by atoms with van der Waals surface area (Å²) in [5.41, 5.74) is 1.79. The predicted octanol–water partition coefficient (Wildman–Crippen LogP) is 2.15. The van der Waals surface area contributed by atoms with Gasteiger partial charge in [-0.1, -0.05) is 12.1 Å². The van der Waals surface area contributed by atoms with Crippen LogP contribution < -0.4 is 0 Å². The molecule has 1 saturated carbocycles. The van der Waals surface area contributed by atoms with E-state index in [0.29, 0.717) is 11.5 Å². The molecule has 0 amide bonds. The van der Waals surface area contributed by atoms with Crippen molar-refractivity contribution in [3.8, 4) is 0 Å². The molecule has 1 fully saturated rings. The highest BCUT2D eigenvalue weighted by atomic mass is 16.5. The fourth-order valence-corrected chi connectivity index (χ4v) is 1.47. The van der Waals surface area contributed by atoms with Gasteiger partial charge in [-0.15, -0.1) is 0 Å². The summed E-state index contributed by atoms with van der Waals surface area (Å²) in [6.07, 6.45) is 2.36. The zero-order valence-corrected chi connectivity index (χ0v) is 7.54. The van der Waals surface area contributed by atoms with Crippen molar-refractivity contribution < 1.29 is 9.53 Å². The topological polar surface area (TPSA) is 26.3 Å². The molecule has 0 spiro atoms. The third-order valence-electron chi connectivity index (χ3n) is 2.32. The molecule has 1 aliphatic rings. The summed E-state index contributed by atoms with van der Waals surface area (Å²) < 4.78 is 4.70. The molecule has 0 unspecified atom stereocenters. The molecule has 0 heterocycles. The molecule has 1 aliphatic carbocycles. The van der Waals surface area contributed by atoms with Crippen molar-refractivity contribution in [2.75, 3.05) is 7.11 Å². The molecule has 0 aromatic heterocycles. The van der Waals surface area contributed by atoms with Gasteiger partial charge in [0.05, 0.1) is 12.7 Å². The van der Waals surface area contributed by atoms with Crippen LogP contribution in [0.4, 0.5) is 0 Å². The Morgan fingerprint density at radius 3 is 3.00 bits per heavy atom. The van der Waals surface area contributed by atoms with Gasteiger partial charge in [-0.25, -0.2) is 4.79 Å². The van der Waals surface area contributed by atoms with E-state index in [0.717, 1.165) is 5.56 Å². The molecule has 0 atom stereocenters. The van der Waals surface area contributed by atoms with E-state index in [9.17, 15) is 4.79 Å². The van der Waals surface area contributed by atoms with Gasteiger partial charge in [0.15, 0.2) is 0 Å². The second-order valence-electron chi connectivity index (χ2n) is 3.28. The zero-order chi connectivity index (χ0) is 9.26. The first-order chi connectivity index (χ1) is 6.33. The summed E-state index contributed by atoms with van der Waals surface area (Å²) in [6.45, 7) is 0. The molecule has 0 aliphatic heterocycles. The van der Waals surface area contributed by atoms with Gasteiger partial charge in [0.1, 0.15) is 0 Å². The minimum Gasteiger partial charge on any atom is -0.465 e. The van der Waals surface area contributed by atoms with E-state index in [1.807, 2.05) is 6.07 Å². The van der Waals surface area contributed by atoms with Gasteiger partial charge in [-0.2, -0.15) is 0 Å². The van der Waals surface area contributed by atoms with Crippen LogP contribution in [0.1, 0.15) is 34.7 Å². The van der Waals surface area contributed by atoms with Gasteiger partial charge in [-0.05, 0) is 36.5 Å². The van der Waals surface area contributed by atoms with Gasteiger partial charge < -0.3 is 4.74 Å². The Morgan fingerprint density at radius 2 is 2.38 bits per heavy atom. The van der Waals surface area contributed by atoms with E-state index in [1.54, 1.807) is 12.1 Å². The van der Waals surface area contributed by atoms with Crippen LogP contribution in [0, 0.1) is 6.07 Å². The second kappa shape index (κ2) is 3.21. The first kappa shape index (κ1) is 8.30. The normalized spacial score (nSPS) is 15.5. The van der Waals surface area contributed by atoms with Gasteiger partial charge in [0.2, 0.25) is 0 Å². The average molecular weight is 175 g/mol. The Labute approximate surface area is 77.5 Å².